The van der Waals surface area contributed by atoms with Crippen LogP contribution < -0.4 is 0 Å². The van der Waals surface area contributed by atoms with Crippen molar-refractivity contribution < 1.29 is 18.9 Å². The second kappa shape index (κ2) is 17.7. The normalized spacial score (nSPS) is 12.3. The monoisotopic (exact) mass is 362 g/mol. The first-order chi connectivity index (χ1) is 11.6. The fourth-order valence-electron chi connectivity index (χ4n) is 2.71. The van der Waals surface area contributed by atoms with Crippen molar-refractivity contribution in [2.75, 3.05) is 6.61 Å². The highest BCUT2D eigenvalue weighted by molar-refractivity contribution is 7.46. The largest absolute Gasteiger partial charge is 0.469 e. The van der Waals surface area contributed by atoms with E-state index in [0.717, 1.165) is 19.3 Å². The molecule has 0 aliphatic rings. The summed E-state index contributed by atoms with van der Waals surface area (Å²) in [6, 6.07) is 0. The van der Waals surface area contributed by atoms with Gasteiger partial charge in [-0.2, -0.15) is 0 Å². The predicted octanol–water partition coefficient (Wildman–Crippen LogP) is 6.52. The van der Waals surface area contributed by atoms with Crippen molar-refractivity contribution in [1.29, 1.82) is 0 Å². The van der Waals surface area contributed by atoms with Gasteiger partial charge in [-0.1, -0.05) is 83.3 Å². The fraction of sp³-hybridized carbons (Fsp3) is 0.895. The first-order valence-corrected chi connectivity index (χ1v) is 11.4. The lowest BCUT2D eigenvalue weighted by Crippen LogP contribution is -1.92. The molecule has 0 saturated carbocycles. The Kier molecular flexibility index (Phi) is 17.6. The highest BCUT2D eigenvalue weighted by atomic mass is 31.2. The Bertz CT molecular complexity index is 325. The molecule has 0 fully saturated rings. The van der Waals surface area contributed by atoms with Crippen LogP contribution in [0.15, 0.2) is 12.2 Å². The lowest BCUT2D eigenvalue weighted by molar-refractivity contribution is 0.193. The average molecular weight is 362 g/mol. The smallest absolute Gasteiger partial charge is 0.303 e. The minimum Gasteiger partial charge on any atom is -0.303 e. The molecular formula is C19H39O4P. The van der Waals surface area contributed by atoms with Gasteiger partial charge in [0.2, 0.25) is 0 Å². The molecule has 0 bridgehead atoms. The van der Waals surface area contributed by atoms with Gasteiger partial charge in [0.1, 0.15) is 0 Å². The van der Waals surface area contributed by atoms with Gasteiger partial charge >= 0.3 is 7.82 Å². The van der Waals surface area contributed by atoms with Crippen LogP contribution in [0.2, 0.25) is 0 Å². The molecule has 0 aliphatic heterocycles. The molecule has 2 N–H and O–H groups in total. The number of phosphoric ester groups is 1. The molecule has 24 heavy (non-hydrogen) atoms. The van der Waals surface area contributed by atoms with E-state index in [0.29, 0.717) is 0 Å². The molecule has 0 aromatic rings. The zero-order valence-electron chi connectivity index (χ0n) is 15.6. The van der Waals surface area contributed by atoms with E-state index in [9.17, 15) is 4.57 Å². The van der Waals surface area contributed by atoms with Gasteiger partial charge in [-0.05, 0) is 32.1 Å². The third-order valence-corrected chi connectivity index (χ3v) is 4.68. The molecule has 0 heterocycles. The van der Waals surface area contributed by atoms with Crippen molar-refractivity contribution in [3.8, 4) is 0 Å². The van der Waals surface area contributed by atoms with Gasteiger partial charge in [-0.15, -0.1) is 0 Å². The van der Waals surface area contributed by atoms with Gasteiger partial charge in [0.05, 0.1) is 6.61 Å². The van der Waals surface area contributed by atoms with Crippen LogP contribution in [0.25, 0.3) is 0 Å². The Morgan fingerprint density at radius 1 is 0.708 bits per heavy atom. The van der Waals surface area contributed by atoms with Crippen molar-refractivity contribution in [3.05, 3.63) is 12.2 Å². The van der Waals surface area contributed by atoms with Crippen LogP contribution in [-0.2, 0) is 9.09 Å². The number of hydrogen-bond acceptors (Lipinski definition) is 2. The first-order valence-electron chi connectivity index (χ1n) is 9.91. The van der Waals surface area contributed by atoms with Crippen molar-refractivity contribution in [3.63, 3.8) is 0 Å². The zero-order valence-corrected chi connectivity index (χ0v) is 16.5. The van der Waals surface area contributed by atoms with E-state index < -0.39 is 7.82 Å². The summed E-state index contributed by atoms with van der Waals surface area (Å²) in [6.45, 7) is 2.42. The van der Waals surface area contributed by atoms with Gasteiger partial charge in [0.25, 0.3) is 0 Å². The van der Waals surface area contributed by atoms with Gasteiger partial charge in [0, 0.05) is 0 Å². The van der Waals surface area contributed by atoms with E-state index in [4.69, 9.17) is 9.79 Å². The number of rotatable bonds is 18. The van der Waals surface area contributed by atoms with Crippen LogP contribution in [0, 0.1) is 0 Å². The highest BCUT2D eigenvalue weighted by Gasteiger charge is 2.12. The molecule has 0 amide bonds. The summed E-state index contributed by atoms with van der Waals surface area (Å²) in [5.74, 6) is 0. The summed E-state index contributed by atoms with van der Waals surface area (Å²) in [5, 5.41) is 0. The minimum atomic E-state index is -4.26. The summed E-state index contributed by atoms with van der Waals surface area (Å²) in [4.78, 5) is 17.1. The molecule has 4 nitrogen and oxygen atoms in total. The van der Waals surface area contributed by atoms with Crippen LogP contribution in [-0.4, -0.2) is 16.4 Å². The van der Waals surface area contributed by atoms with E-state index in [1.165, 1.54) is 77.0 Å². The maximum atomic E-state index is 10.5. The van der Waals surface area contributed by atoms with Crippen LogP contribution in [0.5, 0.6) is 0 Å². The van der Waals surface area contributed by atoms with Gasteiger partial charge in [-0.25, -0.2) is 4.57 Å². The van der Waals surface area contributed by atoms with Gasteiger partial charge < -0.3 is 9.79 Å². The predicted molar refractivity (Wildman–Crippen MR) is 102 cm³/mol. The molecule has 0 atom stereocenters. The van der Waals surface area contributed by atoms with E-state index in [-0.39, 0.29) is 6.61 Å². The Hall–Kier alpha value is -0.150. The first kappa shape index (κ1) is 23.9. The highest BCUT2D eigenvalue weighted by Crippen LogP contribution is 2.35. The average Bonchev–Trinajstić information content (AvgIpc) is 2.52. The topological polar surface area (TPSA) is 66.8 Å². The van der Waals surface area contributed by atoms with E-state index in [1.54, 1.807) is 0 Å². The molecule has 0 radical (unpaired) electrons. The van der Waals surface area contributed by atoms with Crippen LogP contribution in [0.3, 0.4) is 0 Å². The van der Waals surface area contributed by atoms with Crippen LogP contribution >= 0.6 is 7.82 Å². The van der Waals surface area contributed by atoms with Crippen molar-refractivity contribution >= 4 is 7.82 Å². The van der Waals surface area contributed by atoms with Crippen molar-refractivity contribution in [2.24, 2.45) is 0 Å². The molecule has 0 aromatic heterocycles. The zero-order chi connectivity index (χ0) is 17.9. The standard InChI is InChI=1S/C19H39O4P/c1-2-3-4-5-6-7-8-9-10-11-12-13-14-15-16-17-18-19-23-24(20,21)22/h9-10H,2-8,11-19H2,1H3,(H2,20,21,22)/b10-9-. The summed E-state index contributed by atoms with van der Waals surface area (Å²) in [6.07, 6.45) is 23.2. The van der Waals surface area contributed by atoms with Gasteiger partial charge in [0.15, 0.2) is 0 Å². The molecule has 0 saturated heterocycles. The van der Waals surface area contributed by atoms with E-state index in [2.05, 4.69) is 23.6 Å². The second-order valence-electron chi connectivity index (χ2n) is 6.62. The number of allylic oxidation sites excluding steroid dienone is 2. The summed E-state index contributed by atoms with van der Waals surface area (Å²) in [5.41, 5.74) is 0. The second-order valence-corrected chi connectivity index (χ2v) is 7.85. The molecular weight excluding hydrogens is 323 g/mol. The third-order valence-electron chi connectivity index (χ3n) is 4.17. The van der Waals surface area contributed by atoms with Gasteiger partial charge in [-0.3, -0.25) is 4.52 Å². The summed E-state index contributed by atoms with van der Waals surface area (Å²) >= 11 is 0. The number of unbranched alkanes of at least 4 members (excludes halogenated alkanes) is 13. The number of phosphoric acid groups is 1. The Morgan fingerprint density at radius 2 is 1.12 bits per heavy atom. The van der Waals surface area contributed by atoms with Crippen LogP contribution in [0.1, 0.15) is 103 Å². The molecule has 5 heteroatoms. The Morgan fingerprint density at radius 3 is 1.58 bits per heavy atom. The Balaban J connectivity index is 3.11. The summed E-state index contributed by atoms with van der Waals surface area (Å²) < 4.78 is 14.9. The van der Waals surface area contributed by atoms with Crippen LogP contribution in [0.4, 0.5) is 0 Å². The quantitative estimate of drug-likeness (QED) is 0.165. The molecule has 144 valence electrons. The molecule has 0 aromatic carbocycles. The molecule has 0 spiro atoms. The van der Waals surface area contributed by atoms with Crippen molar-refractivity contribution in [2.45, 2.75) is 103 Å². The van der Waals surface area contributed by atoms with E-state index in [1.807, 2.05) is 0 Å². The maximum absolute atomic E-state index is 10.5. The van der Waals surface area contributed by atoms with Crippen molar-refractivity contribution in [1.82, 2.24) is 0 Å². The maximum Gasteiger partial charge on any atom is 0.469 e. The molecule has 0 aliphatic carbocycles. The lowest BCUT2D eigenvalue weighted by Gasteiger charge is -2.04. The number of hydrogen-bond donors (Lipinski definition) is 2. The fourth-order valence-corrected chi connectivity index (χ4v) is 3.08. The molecule has 0 unspecified atom stereocenters. The Labute approximate surface area is 149 Å². The molecule has 0 rings (SSSR count). The lowest BCUT2D eigenvalue weighted by atomic mass is 10.1. The van der Waals surface area contributed by atoms with E-state index >= 15 is 0 Å². The summed E-state index contributed by atoms with van der Waals surface area (Å²) in [7, 11) is -4.26. The SMILES string of the molecule is CCCCCCCC/C=C\CCCCCCCCCOP(=O)(O)O. The third kappa shape index (κ3) is 21.9. The minimum absolute atomic E-state index is 0.160.